The van der Waals surface area contributed by atoms with Gasteiger partial charge in [-0.2, -0.15) is 0 Å². The number of benzene rings is 1. The molecule has 3 nitrogen and oxygen atoms in total. The lowest BCUT2D eigenvalue weighted by Crippen LogP contribution is -2.08. The van der Waals surface area contributed by atoms with E-state index in [0.717, 1.165) is 15.9 Å². The predicted octanol–water partition coefficient (Wildman–Crippen LogP) is 4.07. The molecule has 5 heteroatoms. The van der Waals surface area contributed by atoms with Crippen LogP contribution in [0.4, 0.5) is 5.69 Å². The second-order valence-corrected chi connectivity index (χ2v) is 4.94. The Balaban J connectivity index is 2.16. The van der Waals surface area contributed by atoms with Gasteiger partial charge in [-0.15, -0.1) is 0 Å². The maximum atomic E-state index is 6.13. The first kappa shape index (κ1) is 12.3. The second kappa shape index (κ2) is 5.47. The fraction of sp³-hybridized carbons (Fsp3) is 0.167. The number of hydrogen-bond acceptors (Lipinski definition) is 3. The monoisotopic (exact) mass is 311 g/mol. The van der Waals surface area contributed by atoms with E-state index < -0.39 is 0 Å². The molecule has 1 heterocycles. The molecule has 1 aromatic heterocycles. The Hall–Kier alpha value is -1.13. The standard InChI is InChI=1S/C12H11BrClN3/c1-8(12-7-15-4-5-16-12)17-11-3-2-9(13)6-10(11)14/h2-8,17H,1H3. The lowest BCUT2D eigenvalue weighted by Gasteiger charge is -2.15. The summed E-state index contributed by atoms with van der Waals surface area (Å²) in [4.78, 5) is 8.29. The summed E-state index contributed by atoms with van der Waals surface area (Å²) in [5, 5.41) is 3.97. The Morgan fingerprint density at radius 2 is 2.18 bits per heavy atom. The number of rotatable bonds is 3. The van der Waals surface area contributed by atoms with Crippen molar-refractivity contribution in [3.05, 3.63) is 52.0 Å². The number of halogens is 2. The molecule has 2 rings (SSSR count). The Bertz CT molecular complexity index is 504. The van der Waals surface area contributed by atoms with Crippen LogP contribution in [0.15, 0.2) is 41.3 Å². The smallest absolute Gasteiger partial charge is 0.0806 e. The van der Waals surface area contributed by atoms with Crippen molar-refractivity contribution >= 4 is 33.2 Å². The first-order valence-corrected chi connectivity index (χ1v) is 6.31. The van der Waals surface area contributed by atoms with Crippen LogP contribution in [0.2, 0.25) is 5.02 Å². The maximum absolute atomic E-state index is 6.13. The maximum Gasteiger partial charge on any atom is 0.0806 e. The lowest BCUT2D eigenvalue weighted by molar-refractivity contribution is 0.827. The second-order valence-electron chi connectivity index (χ2n) is 3.62. The van der Waals surface area contributed by atoms with E-state index >= 15 is 0 Å². The van der Waals surface area contributed by atoms with Crippen LogP contribution < -0.4 is 5.32 Å². The van der Waals surface area contributed by atoms with Crippen LogP contribution in [0, 0.1) is 0 Å². The summed E-state index contributed by atoms with van der Waals surface area (Å²) >= 11 is 9.51. The van der Waals surface area contributed by atoms with Crippen LogP contribution >= 0.6 is 27.5 Å². The summed E-state index contributed by atoms with van der Waals surface area (Å²) in [5.74, 6) is 0. The van der Waals surface area contributed by atoms with E-state index in [-0.39, 0.29) is 6.04 Å². The van der Waals surface area contributed by atoms with Crippen LogP contribution in [0.5, 0.6) is 0 Å². The molecule has 1 N–H and O–H groups in total. The molecule has 0 bridgehead atoms. The van der Waals surface area contributed by atoms with Crippen LogP contribution in [-0.2, 0) is 0 Å². The Labute approximate surface area is 113 Å². The summed E-state index contributed by atoms with van der Waals surface area (Å²) in [6.07, 6.45) is 5.07. The van der Waals surface area contributed by atoms with Gasteiger partial charge >= 0.3 is 0 Å². The predicted molar refractivity (Wildman–Crippen MR) is 73.2 cm³/mol. The highest BCUT2D eigenvalue weighted by atomic mass is 79.9. The molecule has 0 aliphatic heterocycles. The summed E-state index contributed by atoms with van der Waals surface area (Å²) in [6, 6.07) is 5.78. The molecular formula is C12H11BrClN3. The van der Waals surface area contributed by atoms with Crippen molar-refractivity contribution in [2.75, 3.05) is 5.32 Å². The van der Waals surface area contributed by atoms with Crippen LogP contribution in [0.3, 0.4) is 0 Å². The summed E-state index contributed by atoms with van der Waals surface area (Å²) in [7, 11) is 0. The molecule has 0 amide bonds. The highest BCUT2D eigenvalue weighted by Crippen LogP contribution is 2.28. The molecule has 1 atom stereocenters. The molecule has 1 unspecified atom stereocenters. The van der Waals surface area contributed by atoms with Gasteiger partial charge in [-0.25, -0.2) is 0 Å². The third-order valence-electron chi connectivity index (χ3n) is 2.33. The van der Waals surface area contributed by atoms with Gasteiger partial charge in [0.25, 0.3) is 0 Å². The zero-order valence-corrected chi connectivity index (χ0v) is 11.5. The molecule has 0 aliphatic rings. The van der Waals surface area contributed by atoms with E-state index in [2.05, 4.69) is 31.2 Å². The van der Waals surface area contributed by atoms with E-state index in [9.17, 15) is 0 Å². The van der Waals surface area contributed by atoms with Gasteiger partial charge in [-0.05, 0) is 25.1 Å². The van der Waals surface area contributed by atoms with Crippen LogP contribution in [0.1, 0.15) is 18.7 Å². The molecule has 0 spiro atoms. The molecular weight excluding hydrogens is 302 g/mol. The average molecular weight is 313 g/mol. The van der Waals surface area contributed by atoms with Crippen molar-refractivity contribution in [2.45, 2.75) is 13.0 Å². The van der Waals surface area contributed by atoms with E-state index in [4.69, 9.17) is 11.6 Å². The largest absolute Gasteiger partial charge is 0.376 e. The van der Waals surface area contributed by atoms with Gasteiger partial charge in [0, 0.05) is 16.9 Å². The number of nitrogens with one attached hydrogen (secondary N) is 1. The highest BCUT2D eigenvalue weighted by molar-refractivity contribution is 9.10. The van der Waals surface area contributed by atoms with E-state index in [0.29, 0.717) is 5.02 Å². The minimum Gasteiger partial charge on any atom is -0.376 e. The van der Waals surface area contributed by atoms with E-state index in [1.807, 2.05) is 25.1 Å². The summed E-state index contributed by atoms with van der Waals surface area (Å²) in [6.45, 7) is 2.02. The highest BCUT2D eigenvalue weighted by Gasteiger charge is 2.08. The fourth-order valence-corrected chi connectivity index (χ4v) is 2.18. The molecule has 88 valence electrons. The van der Waals surface area contributed by atoms with Gasteiger partial charge in [0.1, 0.15) is 0 Å². The summed E-state index contributed by atoms with van der Waals surface area (Å²) in [5.41, 5.74) is 1.76. The van der Waals surface area contributed by atoms with Gasteiger partial charge in [-0.3, -0.25) is 9.97 Å². The lowest BCUT2D eigenvalue weighted by atomic mass is 10.2. The normalized spacial score (nSPS) is 12.2. The van der Waals surface area contributed by atoms with Gasteiger partial charge in [0.2, 0.25) is 0 Å². The van der Waals surface area contributed by atoms with Crippen molar-refractivity contribution < 1.29 is 0 Å². The molecule has 0 radical (unpaired) electrons. The third-order valence-corrected chi connectivity index (χ3v) is 3.14. The van der Waals surface area contributed by atoms with Crippen molar-refractivity contribution in [1.29, 1.82) is 0 Å². The third kappa shape index (κ3) is 3.17. The first-order chi connectivity index (χ1) is 8.16. The number of aromatic nitrogens is 2. The summed E-state index contributed by atoms with van der Waals surface area (Å²) < 4.78 is 0.959. The van der Waals surface area contributed by atoms with Gasteiger partial charge in [-0.1, -0.05) is 27.5 Å². The van der Waals surface area contributed by atoms with Gasteiger partial charge < -0.3 is 5.32 Å². The molecule has 0 saturated heterocycles. The Morgan fingerprint density at radius 1 is 1.35 bits per heavy atom. The molecule has 17 heavy (non-hydrogen) atoms. The minimum absolute atomic E-state index is 0.0578. The average Bonchev–Trinajstić information content (AvgIpc) is 2.34. The Morgan fingerprint density at radius 3 is 2.82 bits per heavy atom. The SMILES string of the molecule is CC(Nc1ccc(Br)cc1Cl)c1cnccn1. The fourth-order valence-electron chi connectivity index (χ4n) is 1.45. The quantitative estimate of drug-likeness (QED) is 0.928. The van der Waals surface area contributed by atoms with Gasteiger partial charge in [0.05, 0.1) is 28.6 Å². The van der Waals surface area contributed by atoms with Crippen molar-refractivity contribution in [3.8, 4) is 0 Å². The van der Waals surface area contributed by atoms with Crippen molar-refractivity contribution in [3.63, 3.8) is 0 Å². The van der Waals surface area contributed by atoms with Crippen LogP contribution in [-0.4, -0.2) is 9.97 Å². The first-order valence-electron chi connectivity index (χ1n) is 5.14. The van der Waals surface area contributed by atoms with E-state index in [1.165, 1.54) is 0 Å². The molecule has 0 saturated carbocycles. The zero-order valence-electron chi connectivity index (χ0n) is 9.19. The number of hydrogen-bond donors (Lipinski definition) is 1. The molecule has 1 aromatic carbocycles. The van der Waals surface area contributed by atoms with Gasteiger partial charge in [0.15, 0.2) is 0 Å². The molecule has 2 aromatic rings. The number of nitrogens with zero attached hydrogens (tertiary/aromatic N) is 2. The van der Waals surface area contributed by atoms with E-state index in [1.54, 1.807) is 18.6 Å². The topological polar surface area (TPSA) is 37.8 Å². The molecule has 0 aliphatic carbocycles. The van der Waals surface area contributed by atoms with Crippen LogP contribution in [0.25, 0.3) is 0 Å². The Kier molecular flexibility index (Phi) is 3.97. The molecule has 0 fully saturated rings. The minimum atomic E-state index is 0.0578. The van der Waals surface area contributed by atoms with Crippen molar-refractivity contribution in [1.82, 2.24) is 9.97 Å². The number of anilines is 1. The van der Waals surface area contributed by atoms with Crippen molar-refractivity contribution in [2.24, 2.45) is 0 Å². The zero-order chi connectivity index (χ0) is 12.3.